The van der Waals surface area contributed by atoms with E-state index in [1.807, 2.05) is 32.0 Å². The van der Waals surface area contributed by atoms with Crippen LogP contribution in [0.2, 0.25) is 0 Å². The van der Waals surface area contributed by atoms with E-state index in [2.05, 4.69) is 5.32 Å². The summed E-state index contributed by atoms with van der Waals surface area (Å²) >= 11 is 0. The Hall–Kier alpha value is -0.713. The molecule has 0 aliphatic heterocycles. The van der Waals surface area contributed by atoms with E-state index in [0.717, 1.165) is 0 Å². The van der Waals surface area contributed by atoms with Gasteiger partial charge in [0.1, 0.15) is 0 Å². The van der Waals surface area contributed by atoms with Gasteiger partial charge in [-0.15, -0.1) is 0 Å². The zero-order valence-electron chi connectivity index (χ0n) is 7.37. The SMILES string of the molecule is CC(C)NC(=O)c1ccccc1.[LiH]. The van der Waals surface area contributed by atoms with Gasteiger partial charge in [-0.05, 0) is 26.0 Å². The van der Waals surface area contributed by atoms with Crippen LogP contribution < -0.4 is 5.32 Å². The fraction of sp³-hybridized carbons (Fsp3) is 0.300. The van der Waals surface area contributed by atoms with Crippen molar-refractivity contribution >= 4 is 24.8 Å². The second-order valence-electron chi connectivity index (χ2n) is 2.99. The van der Waals surface area contributed by atoms with Crippen molar-refractivity contribution in [2.75, 3.05) is 0 Å². The first-order valence-electron chi connectivity index (χ1n) is 4.06. The Morgan fingerprint density at radius 1 is 1.23 bits per heavy atom. The molecule has 1 N–H and O–H groups in total. The molecule has 3 heteroatoms. The van der Waals surface area contributed by atoms with E-state index in [0.29, 0.717) is 5.56 Å². The van der Waals surface area contributed by atoms with E-state index in [1.54, 1.807) is 12.1 Å². The van der Waals surface area contributed by atoms with Crippen molar-refractivity contribution in [3.05, 3.63) is 35.9 Å². The predicted molar refractivity (Wildman–Crippen MR) is 56.2 cm³/mol. The minimum atomic E-state index is -0.00870. The van der Waals surface area contributed by atoms with E-state index >= 15 is 0 Å². The predicted octanol–water partition coefficient (Wildman–Crippen LogP) is 1.18. The van der Waals surface area contributed by atoms with Gasteiger partial charge in [0.2, 0.25) is 0 Å². The Morgan fingerprint density at radius 3 is 2.23 bits per heavy atom. The van der Waals surface area contributed by atoms with Crippen molar-refractivity contribution in [2.24, 2.45) is 0 Å². The van der Waals surface area contributed by atoms with Gasteiger partial charge in [0.05, 0.1) is 0 Å². The van der Waals surface area contributed by atoms with Crippen LogP contribution >= 0.6 is 0 Å². The third-order valence-electron chi connectivity index (χ3n) is 1.46. The van der Waals surface area contributed by atoms with Crippen LogP contribution in [0, 0.1) is 0 Å². The second kappa shape index (κ2) is 5.85. The molecule has 0 saturated heterocycles. The van der Waals surface area contributed by atoms with Crippen LogP contribution in [-0.4, -0.2) is 30.8 Å². The molecule has 13 heavy (non-hydrogen) atoms. The van der Waals surface area contributed by atoms with Crippen LogP contribution in [0.5, 0.6) is 0 Å². The molecule has 1 aromatic rings. The van der Waals surface area contributed by atoms with Crippen LogP contribution in [-0.2, 0) is 0 Å². The van der Waals surface area contributed by atoms with Gasteiger partial charge in [0.15, 0.2) is 0 Å². The summed E-state index contributed by atoms with van der Waals surface area (Å²) in [6.45, 7) is 3.89. The van der Waals surface area contributed by atoms with Crippen molar-refractivity contribution in [1.82, 2.24) is 5.32 Å². The summed E-state index contributed by atoms with van der Waals surface area (Å²) in [7, 11) is 0. The Morgan fingerprint density at radius 2 is 1.77 bits per heavy atom. The van der Waals surface area contributed by atoms with Gasteiger partial charge in [0, 0.05) is 11.6 Å². The topological polar surface area (TPSA) is 29.1 Å². The number of hydrogen-bond donors (Lipinski definition) is 1. The van der Waals surface area contributed by atoms with Gasteiger partial charge in [-0.3, -0.25) is 4.79 Å². The van der Waals surface area contributed by atoms with Crippen molar-refractivity contribution < 1.29 is 4.79 Å². The summed E-state index contributed by atoms with van der Waals surface area (Å²) in [4.78, 5) is 11.3. The van der Waals surface area contributed by atoms with Gasteiger partial charge in [0.25, 0.3) is 5.91 Å². The second-order valence-corrected chi connectivity index (χ2v) is 2.99. The molecule has 0 aliphatic rings. The van der Waals surface area contributed by atoms with Gasteiger partial charge in [-0.2, -0.15) is 0 Å². The summed E-state index contributed by atoms with van der Waals surface area (Å²) in [5, 5.41) is 2.82. The van der Waals surface area contributed by atoms with E-state index in [-0.39, 0.29) is 30.8 Å². The van der Waals surface area contributed by atoms with Crippen LogP contribution in [0.4, 0.5) is 0 Å². The Kier molecular flexibility index (Phi) is 5.53. The molecule has 0 radical (unpaired) electrons. The average Bonchev–Trinajstić information content (AvgIpc) is 2.05. The molecule has 0 aliphatic carbocycles. The monoisotopic (exact) mass is 171 g/mol. The first kappa shape index (κ1) is 12.3. The molecule has 2 nitrogen and oxygen atoms in total. The van der Waals surface area contributed by atoms with Gasteiger partial charge >= 0.3 is 18.9 Å². The average molecular weight is 171 g/mol. The van der Waals surface area contributed by atoms with Crippen molar-refractivity contribution in [2.45, 2.75) is 19.9 Å². The molecule has 0 atom stereocenters. The summed E-state index contributed by atoms with van der Waals surface area (Å²) in [6.07, 6.45) is 0. The molecule has 66 valence electrons. The number of benzene rings is 1. The first-order valence-corrected chi connectivity index (χ1v) is 4.06. The van der Waals surface area contributed by atoms with Crippen LogP contribution in [0.3, 0.4) is 0 Å². The van der Waals surface area contributed by atoms with Crippen LogP contribution in [0.1, 0.15) is 24.2 Å². The Labute approximate surface area is 90.9 Å². The summed E-state index contributed by atoms with van der Waals surface area (Å²) < 4.78 is 0. The van der Waals surface area contributed by atoms with E-state index in [1.165, 1.54) is 0 Å². The van der Waals surface area contributed by atoms with E-state index in [4.69, 9.17) is 0 Å². The fourth-order valence-electron chi connectivity index (χ4n) is 0.935. The molecule has 0 aromatic heterocycles. The maximum absolute atomic E-state index is 11.3. The van der Waals surface area contributed by atoms with E-state index in [9.17, 15) is 4.79 Å². The summed E-state index contributed by atoms with van der Waals surface area (Å²) in [5.74, 6) is -0.00870. The van der Waals surface area contributed by atoms with Crippen molar-refractivity contribution in [1.29, 1.82) is 0 Å². The molecular formula is C10H14LiNO. The quantitative estimate of drug-likeness (QED) is 0.665. The molecule has 0 unspecified atom stereocenters. The molecule has 0 heterocycles. The molecule has 0 spiro atoms. The summed E-state index contributed by atoms with van der Waals surface area (Å²) in [6, 6.07) is 9.41. The summed E-state index contributed by atoms with van der Waals surface area (Å²) in [5.41, 5.74) is 0.714. The number of rotatable bonds is 2. The zero-order valence-corrected chi connectivity index (χ0v) is 7.37. The van der Waals surface area contributed by atoms with Crippen LogP contribution in [0.15, 0.2) is 30.3 Å². The third kappa shape index (κ3) is 4.17. The van der Waals surface area contributed by atoms with Gasteiger partial charge < -0.3 is 5.32 Å². The standard InChI is InChI=1S/C10H13NO.Li.H/c1-8(2)11-10(12)9-6-4-3-5-7-9;;/h3-8H,1-2H3,(H,11,12);;. The number of amides is 1. The zero-order chi connectivity index (χ0) is 8.97. The maximum atomic E-state index is 11.3. The fourth-order valence-corrected chi connectivity index (χ4v) is 0.935. The normalized spacial score (nSPS) is 9.15. The molecule has 1 aromatic carbocycles. The minimum absolute atomic E-state index is 0. The number of carbonyl (C=O) groups is 1. The van der Waals surface area contributed by atoms with E-state index < -0.39 is 0 Å². The molecule has 0 bridgehead atoms. The van der Waals surface area contributed by atoms with Crippen molar-refractivity contribution in [3.63, 3.8) is 0 Å². The van der Waals surface area contributed by atoms with Crippen molar-refractivity contribution in [3.8, 4) is 0 Å². The Balaban J connectivity index is 0.00000144. The number of carbonyl (C=O) groups excluding carboxylic acids is 1. The number of hydrogen-bond acceptors (Lipinski definition) is 1. The molecule has 1 amide bonds. The molecule has 0 saturated carbocycles. The van der Waals surface area contributed by atoms with Crippen LogP contribution in [0.25, 0.3) is 0 Å². The molecular weight excluding hydrogens is 157 g/mol. The van der Waals surface area contributed by atoms with Gasteiger partial charge in [-0.25, -0.2) is 0 Å². The first-order chi connectivity index (χ1) is 5.70. The number of nitrogens with one attached hydrogen (secondary N) is 1. The Bertz CT molecular complexity index is 259. The third-order valence-corrected chi connectivity index (χ3v) is 1.46. The molecule has 0 fully saturated rings. The molecule has 1 rings (SSSR count). The van der Waals surface area contributed by atoms with Gasteiger partial charge in [-0.1, -0.05) is 18.2 Å².